The summed E-state index contributed by atoms with van der Waals surface area (Å²) in [4.78, 5) is 11.4. The van der Waals surface area contributed by atoms with Gasteiger partial charge in [0.2, 0.25) is 0 Å². The highest BCUT2D eigenvalue weighted by Gasteiger charge is 2.23. The number of nitrogens with one attached hydrogen (secondary N) is 1. The summed E-state index contributed by atoms with van der Waals surface area (Å²) in [5.74, 6) is 0. The van der Waals surface area contributed by atoms with Gasteiger partial charge in [-0.05, 0) is 12.1 Å². The summed E-state index contributed by atoms with van der Waals surface area (Å²) in [6.07, 6.45) is -0.999. The van der Waals surface area contributed by atoms with Crippen LogP contribution in [0.4, 0.5) is 4.79 Å². The van der Waals surface area contributed by atoms with Gasteiger partial charge in [0.1, 0.15) is 0 Å². The quantitative estimate of drug-likeness (QED) is 0.844. The van der Waals surface area contributed by atoms with E-state index in [0.717, 1.165) is 9.21 Å². The molecule has 2 N–H and O–H groups in total. The molecule has 0 radical (unpaired) electrons. The molecule has 0 aromatic carbocycles. The van der Waals surface area contributed by atoms with Gasteiger partial charge >= 0.3 is 6.09 Å². The molecule has 0 unspecified atom stereocenters. The highest BCUT2D eigenvalue weighted by atomic mass is 35.5. The van der Waals surface area contributed by atoms with Crippen LogP contribution in [-0.2, 0) is 5.41 Å². The van der Waals surface area contributed by atoms with Crippen molar-refractivity contribution < 1.29 is 9.90 Å². The zero-order valence-electron chi connectivity index (χ0n) is 8.00. The Morgan fingerprint density at radius 3 is 2.71 bits per heavy atom. The largest absolute Gasteiger partial charge is 0.465 e. The van der Waals surface area contributed by atoms with E-state index in [2.05, 4.69) is 5.32 Å². The predicted octanol–water partition coefficient (Wildman–Crippen LogP) is 2.95. The van der Waals surface area contributed by atoms with Gasteiger partial charge < -0.3 is 10.4 Å². The van der Waals surface area contributed by atoms with Gasteiger partial charge in [0.25, 0.3) is 0 Å². The summed E-state index contributed by atoms with van der Waals surface area (Å²) in [6.45, 7) is 4.34. The first-order chi connectivity index (χ1) is 6.42. The van der Waals surface area contributed by atoms with Gasteiger partial charge in [-0.3, -0.25) is 0 Å². The Kier molecular flexibility index (Phi) is 3.39. The second kappa shape index (κ2) is 4.19. The Bertz CT molecular complexity index is 335. The lowest BCUT2D eigenvalue weighted by Gasteiger charge is -2.22. The maximum atomic E-state index is 10.3. The molecule has 5 heteroatoms. The van der Waals surface area contributed by atoms with Crippen molar-refractivity contribution in [1.82, 2.24) is 5.32 Å². The van der Waals surface area contributed by atoms with E-state index in [1.165, 1.54) is 11.3 Å². The van der Waals surface area contributed by atoms with Crippen molar-refractivity contribution in [3.8, 4) is 0 Å². The van der Waals surface area contributed by atoms with Crippen molar-refractivity contribution in [2.24, 2.45) is 0 Å². The molecular formula is C9H12ClNO2S. The predicted molar refractivity (Wildman–Crippen MR) is 58.4 cm³/mol. The Labute approximate surface area is 91.7 Å². The van der Waals surface area contributed by atoms with Gasteiger partial charge in [-0.2, -0.15) is 0 Å². The fourth-order valence-corrected chi connectivity index (χ4v) is 2.20. The van der Waals surface area contributed by atoms with Crippen LogP contribution < -0.4 is 5.32 Å². The lowest BCUT2D eigenvalue weighted by Crippen LogP contribution is -2.35. The zero-order chi connectivity index (χ0) is 10.8. The zero-order valence-corrected chi connectivity index (χ0v) is 9.58. The fraction of sp³-hybridized carbons (Fsp3) is 0.444. The van der Waals surface area contributed by atoms with Crippen LogP contribution >= 0.6 is 22.9 Å². The van der Waals surface area contributed by atoms with Crippen LogP contribution in [0, 0.1) is 0 Å². The molecule has 78 valence electrons. The van der Waals surface area contributed by atoms with Crippen molar-refractivity contribution in [3.63, 3.8) is 0 Å². The Morgan fingerprint density at radius 2 is 2.29 bits per heavy atom. The van der Waals surface area contributed by atoms with Gasteiger partial charge in [-0.1, -0.05) is 25.4 Å². The minimum Gasteiger partial charge on any atom is -0.465 e. The molecule has 0 aliphatic carbocycles. The molecule has 0 aliphatic heterocycles. The summed E-state index contributed by atoms with van der Waals surface area (Å²) in [7, 11) is 0. The number of carbonyl (C=O) groups is 1. The second-order valence-electron chi connectivity index (χ2n) is 3.65. The number of amides is 1. The average molecular weight is 234 g/mol. The maximum absolute atomic E-state index is 10.3. The van der Waals surface area contributed by atoms with Gasteiger partial charge in [0, 0.05) is 16.8 Å². The molecule has 0 saturated carbocycles. The average Bonchev–Trinajstić information content (AvgIpc) is 2.49. The summed E-state index contributed by atoms with van der Waals surface area (Å²) in [5, 5.41) is 10.9. The lowest BCUT2D eigenvalue weighted by atomic mass is 9.91. The van der Waals surface area contributed by atoms with Gasteiger partial charge in [-0.15, -0.1) is 11.3 Å². The van der Waals surface area contributed by atoms with Gasteiger partial charge in [0.15, 0.2) is 0 Å². The molecule has 14 heavy (non-hydrogen) atoms. The van der Waals surface area contributed by atoms with Crippen molar-refractivity contribution in [3.05, 3.63) is 21.3 Å². The number of thiophene rings is 1. The smallest absolute Gasteiger partial charge is 0.404 e. The second-order valence-corrected chi connectivity index (χ2v) is 5.36. The first-order valence-electron chi connectivity index (χ1n) is 4.14. The number of rotatable bonds is 3. The van der Waals surface area contributed by atoms with E-state index in [1.807, 2.05) is 26.0 Å². The van der Waals surface area contributed by atoms with Gasteiger partial charge in [0.05, 0.1) is 4.34 Å². The molecule has 0 saturated heterocycles. The molecule has 1 aromatic heterocycles. The van der Waals surface area contributed by atoms with Crippen molar-refractivity contribution in [2.45, 2.75) is 19.3 Å². The SMILES string of the molecule is CC(C)(CNC(=O)O)c1ccc(Cl)s1. The third-order valence-corrected chi connectivity index (χ3v) is 3.52. The molecule has 3 nitrogen and oxygen atoms in total. The fourth-order valence-electron chi connectivity index (χ4n) is 1.06. The van der Waals surface area contributed by atoms with Crippen molar-refractivity contribution >= 4 is 29.0 Å². The Balaban J connectivity index is 2.69. The number of halogens is 1. The first-order valence-corrected chi connectivity index (χ1v) is 5.34. The highest BCUT2D eigenvalue weighted by Crippen LogP contribution is 2.31. The van der Waals surface area contributed by atoms with E-state index in [1.54, 1.807) is 0 Å². The summed E-state index contributed by atoms with van der Waals surface area (Å²) < 4.78 is 0.725. The minimum atomic E-state index is -0.999. The molecule has 0 spiro atoms. The monoisotopic (exact) mass is 233 g/mol. The van der Waals surface area contributed by atoms with E-state index >= 15 is 0 Å². The minimum absolute atomic E-state index is 0.212. The molecule has 1 heterocycles. The highest BCUT2D eigenvalue weighted by molar-refractivity contribution is 7.16. The molecule has 0 fully saturated rings. The number of hydrogen-bond donors (Lipinski definition) is 2. The van der Waals surface area contributed by atoms with E-state index < -0.39 is 6.09 Å². The molecule has 1 amide bonds. The van der Waals surface area contributed by atoms with E-state index in [4.69, 9.17) is 16.7 Å². The third kappa shape index (κ3) is 2.89. The van der Waals surface area contributed by atoms with Crippen molar-refractivity contribution in [1.29, 1.82) is 0 Å². The summed E-state index contributed by atoms with van der Waals surface area (Å²) in [6, 6.07) is 3.75. The molecule has 0 aliphatic rings. The number of carboxylic acid groups (broad SMARTS) is 1. The Hall–Kier alpha value is -0.740. The van der Waals surface area contributed by atoms with Crippen LogP contribution in [0.25, 0.3) is 0 Å². The Morgan fingerprint density at radius 1 is 1.64 bits per heavy atom. The van der Waals surface area contributed by atoms with E-state index in [-0.39, 0.29) is 5.41 Å². The van der Waals surface area contributed by atoms with Crippen LogP contribution in [0.5, 0.6) is 0 Å². The van der Waals surface area contributed by atoms with Crippen LogP contribution in [0.3, 0.4) is 0 Å². The van der Waals surface area contributed by atoms with Crippen LogP contribution in [0.1, 0.15) is 18.7 Å². The molecular weight excluding hydrogens is 222 g/mol. The summed E-state index contributed by atoms with van der Waals surface area (Å²) >= 11 is 7.29. The summed E-state index contributed by atoms with van der Waals surface area (Å²) in [5.41, 5.74) is -0.212. The molecule has 0 bridgehead atoms. The standard InChI is InChI=1S/C9H12ClNO2S/c1-9(2,5-11-8(12)13)6-3-4-7(10)14-6/h3-4,11H,5H2,1-2H3,(H,12,13). The van der Waals surface area contributed by atoms with Crippen molar-refractivity contribution in [2.75, 3.05) is 6.54 Å². The number of hydrogen-bond acceptors (Lipinski definition) is 2. The van der Waals surface area contributed by atoms with Crippen LogP contribution in [0.2, 0.25) is 4.34 Å². The molecule has 0 atom stereocenters. The molecule has 1 rings (SSSR count). The van der Waals surface area contributed by atoms with E-state index in [9.17, 15) is 4.79 Å². The third-order valence-electron chi connectivity index (χ3n) is 1.92. The topological polar surface area (TPSA) is 49.3 Å². The normalized spacial score (nSPS) is 11.4. The molecule has 1 aromatic rings. The maximum Gasteiger partial charge on any atom is 0.404 e. The van der Waals surface area contributed by atoms with Gasteiger partial charge in [-0.25, -0.2) is 4.79 Å². The first kappa shape index (κ1) is 11.3. The van der Waals surface area contributed by atoms with E-state index in [0.29, 0.717) is 6.54 Å². The van der Waals surface area contributed by atoms with Crippen LogP contribution in [0.15, 0.2) is 12.1 Å². The lowest BCUT2D eigenvalue weighted by molar-refractivity contribution is 0.192. The van der Waals surface area contributed by atoms with Crippen LogP contribution in [-0.4, -0.2) is 17.7 Å².